The number of carbonyl (C=O) groups is 1. The van der Waals surface area contributed by atoms with E-state index in [-0.39, 0.29) is 28.7 Å². The molecule has 1 amide bonds. The first-order chi connectivity index (χ1) is 14.9. The van der Waals surface area contributed by atoms with Crippen molar-refractivity contribution in [3.63, 3.8) is 0 Å². The van der Waals surface area contributed by atoms with Crippen molar-refractivity contribution in [1.29, 1.82) is 0 Å². The summed E-state index contributed by atoms with van der Waals surface area (Å²) in [5.41, 5.74) is 0.721. The van der Waals surface area contributed by atoms with Crippen LogP contribution in [0.3, 0.4) is 0 Å². The highest BCUT2D eigenvalue weighted by atomic mass is 32.2. The molecule has 0 fully saturated rings. The Bertz CT molecular complexity index is 1200. The molecule has 1 aliphatic heterocycles. The number of hydrogen-bond donors (Lipinski definition) is 1. The molecule has 10 heteroatoms. The number of halogens is 2. The second-order valence-corrected chi connectivity index (χ2v) is 7.83. The first-order valence-corrected chi connectivity index (χ1v) is 10.7. The van der Waals surface area contributed by atoms with Gasteiger partial charge in [-0.25, -0.2) is 4.98 Å². The van der Waals surface area contributed by atoms with E-state index in [4.69, 9.17) is 0 Å². The number of ether oxygens (including phenoxy) is 2. The minimum absolute atomic E-state index is 0.0124. The van der Waals surface area contributed by atoms with E-state index >= 15 is 0 Å². The van der Waals surface area contributed by atoms with Crippen LogP contribution in [0, 0.1) is 0 Å². The van der Waals surface area contributed by atoms with Gasteiger partial charge in [-0.05, 0) is 30.7 Å². The Balaban J connectivity index is 1.49. The zero-order chi connectivity index (χ0) is 22.0. The van der Waals surface area contributed by atoms with Gasteiger partial charge in [0.1, 0.15) is 0 Å². The molecule has 1 aromatic heterocycles. The van der Waals surface area contributed by atoms with Crippen molar-refractivity contribution in [3.05, 3.63) is 52.8 Å². The van der Waals surface area contributed by atoms with Gasteiger partial charge in [0, 0.05) is 18.3 Å². The number of nitrogens with zero attached hydrogens (tertiary/aromatic N) is 2. The Morgan fingerprint density at radius 1 is 1.19 bits per heavy atom. The molecular formula is C21H19F2N3O4S. The number of carbonyl (C=O) groups excluding carboxylic acids is 1. The fraction of sp³-hybridized carbons (Fsp3) is 0.286. The second-order valence-electron chi connectivity index (χ2n) is 6.89. The van der Waals surface area contributed by atoms with Gasteiger partial charge in [0.2, 0.25) is 5.91 Å². The van der Waals surface area contributed by atoms with E-state index < -0.39 is 6.29 Å². The highest BCUT2D eigenvalue weighted by Crippen LogP contribution is 2.42. The maximum atomic E-state index is 13.1. The van der Waals surface area contributed by atoms with Crippen LogP contribution in [0.4, 0.5) is 14.5 Å². The molecule has 2 heterocycles. The van der Waals surface area contributed by atoms with E-state index in [1.807, 2.05) is 6.92 Å². The van der Waals surface area contributed by atoms with Crippen molar-refractivity contribution in [2.45, 2.75) is 37.8 Å². The molecule has 0 saturated carbocycles. The van der Waals surface area contributed by atoms with Crippen molar-refractivity contribution >= 4 is 34.3 Å². The van der Waals surface area contributed by atoms with Crippen LogP contribution in [0.5, 0.6) is 11.5 Å². The number of unbranched alkanes of at least 4 members (excludes halogenated alkanes) is 1. The van der Waals surface area contributed by atoms with Crippen LogP contribution in [0.1, 0.15) is 19.8 Å². The predicted octanol–water partition coefficient (Wildman–Crippen LogP) is 4.25. The molecular weight excluding hydrogens is 428 g/mol. The van der Waals surface area contributed by atoms with Crippen LogP contribution in [0.25, 0.3) is 10.9 Å². The summed E-state index contributed by atoms with van der Waals surface area (Å²) in [6, 6.07) is 11.1. The maximum absolute atomic E-state index is 13.1. The van der Waals surface area contributed by atoms with Gasteiger partial charge in [0.25, 0.3) is 5.56 Å². The minimum atomic E-state index is -3.72. The number of nitrogens with one attached hydrogen (secondary N) is 1. The molecule has 31 heavy (non-hydrogen) atoms. The smallest absolute Gasteiger partial charge is 0.395 e. The van der Waals surface area contributed by atoms with Gasteiger partial charge in [-0.3, -0.25) is 14.2 Å². The number of fused-ring (bicyclic) bond motifs is 2. The monoisotopic (exact) mass is 447 g/mol. The number of thioether (sulfide) groups is 1. The Morgan fingerprint density at radius 3 is 2.77 bits per heavy atom. The summed E-state index contributed by atoms with van der Waals surface area (Å²) >= 11 is 1.14. The summed E-state index contributed by atoms with van der Waals surface area (Å²) < 4.78 is 36.6. The topological polar surface area (TPSA) is 82.5 Å². The number of benzene rings is 2. The molecule has 0 unspecified atom stereocenters. The number of rotatable bonds is 7. The van der Waals surface area contributed by atoms with Crippen LogP contribution < -0.4 is 20.3 Å². The number of hydrogen-bond acceptors (Lipinski definition) is 6. The minimum Gasteiger partial charge on any atom is -0.395 e. The summed E-state index contributed by atoms with van der Waals surface area (Å²) in [6.45, 7) is 2.54. The van der Waals surface area contributed by atoms with E-state index in [0.717, 1.165) is 24.6 Å². The molecule has 1 N–H and O–H groups in total. The normalized spacial score (nSPS) is 14.0. The van der Waals surface area contributed by atoms with Crippen molar-refractivity contribution in [2.75, 3.05) is 11.1 Å². The fourth-order valence-electron chi connectivity index (χ4n) is 3.13. The van der Waals surface area contributed by atoms with Crippen molar-refractivity contribution < 1.29 is 23.0 Å². The summed E-state index contributed by atoms with van der Waals surface area (Å²) in [5, 5.41) is 3.62. The van der Waals surface area contributed by atoms with Crippen LogP contribution in [-0.2, 0) is 11.3 Å². The summed E-state index contributed by atoms with van der Waals surface area (Å²) in [4.78, 5) is 29.9. The molecule has 2 aromatic carbocycles. The van der Waals surface area contributed by atoms with Crippen LogP contribution in [0.2, 0.25) is 0 Å². The van der Waals surface area contributed by atoms with Gasteiger partial charge < -0.3 is 14.8 Å². The third-order valence-electron chi connectivity index (χ3n) is 4.58. The predicted molar refractivity (Wildman–Crippen MR) is 113 cm³/mol. The average Bonchev–Trinajstić information content (AvgIpc) is 3.05. The van der Waals surface area contributed by atoms with Crippen molar-refractivity contribution in [3.8, 4) is 11.5 Å². The van der Waals surface area contributed by atoms with Gasteiger partial charge in [0.15, 0.2) is 16.7 Å². The van der Waals surface area contributed by atoms with Crippen LogP contribution >= 0.6 is 11.8 Å². The number of anilines is 1. The van der Waals surface area contributed by atoms with E-state index in [0.29, 0.717) is 28.3 Å². The number of para-hydroxylation sites is 1. The molecule has 0 saturated heterocycles. The van der Waals surface area contributed by atoms with Gasteiger partial charge in [-0.1, -0.05) is 37.2 Å². The number of amides is 1. The standard InChI is InChI=1S/C21H19F2N3O4S/c1-2-3-10-26-19(28)14-6-4-5-7-15(14)25-20(26)31-12-18(27)24-13-8-9-16-17(11-13)30-21(22,23)29-16/h4-9,11H,2-3,10,12H2,1H3,(H,24,27). The van der Waals surface area contributed by atoms with E-state index in [2.05, 4.69) is 19.8 Å². The Hall–Kier alpha value is -3.14. The molecule has 0 spiro atoms. The van der Waals surface area contributed by atoms with Gasteiger partial charge in [0.05, 0.1) is 16.7 Å². The van der Waals surface area contributed by atoms with Gasteiger partial charge >= 0.3 is 6.29 Å². The van der Waals surface area contributed by atoms with Gasteiger partial charge in [-0.2, -0.15) is 0 Å². The van der Waals surface area contributed by atoms with E-state index in [9.17, 15) is 18.4 Å². The molecule has 3 aromatic rings. The number of alkyl halides is 2. The summed E-state index contributed by atoms with van der Waals surface area (Å²) in [6.07, 6.45) is -2.00. The van der Waals surface area contributed by atoms with Crippen LogP contribution in [-0.4, -0.2) is 27.5 Å². The lowest BCUT2D eigenvalue weighted by molar-refractivity contribution is -0.286. The summed E-state index contributed by atoms with van der Waals surface area (Å²) in [5.74, 6) is -0.639. The number of aromatic nitrogens is 2. The fourth-order valence-corrected chi connectivity index (χ4v) is 3.95. The Labute approximate surface area is 180 Å². The summed E-state index contributed by atoms with van der Waals surface area (Å²) in [7, 11) is 0. The lowest BCUT2D eigenvalue weighted by Crippen LogP contribution is -2.25. The van der Waals surface area contributed by atoms with E-state index in [1.165, 1.54) is 18.2 Å². The molecule has 4 rings (SSSR count). The molecule has 0 radical (unpaired) electrons. The van der Waals surface area contributed by atoms with Gasteiger partial charge in [-0.15, -0.1) is 8.78 Å². The zero-order valence-electron chi connectivity index (χ0n) is 16.6. The first-order valence-electron chi connectivity index (χ1n) is 9.68. The molecule has 0 atom stereocenters. The largest absolute Gasteiger partial charge is 0.586 e. The van der Waals surface area contributed by atoms with Crippen LogP contribution in [0.15, 0.2) is 52.4 Å². The third kappa shape index (κ3) is 4.63. The molecule has 162 valence electrons. The third-order valence-corrected chi connectivity index (χ3v) is 5.56. The lowest BCUT2D eigenvalue weighted by atomic mass is 10.2. The molecule has 1 aliphatic rings. The molecule has 0 aliphatic carbocycles. The zero-order valence-corrected chi connectivity index (χ0v) is 17.4. The highest BCUT2D eigenvalue weighted by molar-refractivity contribution is 7.99. The Morgan fingerprint density at radius 2 is 1.97 bits per heavy atom. The SMILES string of the molecule is CCCCn1c(SCC(=O)Nc2ccc3c(c2)OC(F)(F)O3)nc2ccccc2c1=O. The average molecular weight is 447 g/mol. The molecule has 0 bridgehead atoms. The Kier molecular flexibility index (Phi) is 5.81. The quantitative estimate of drug-likeness (QED) is 0.431. The maximum Gasteiger partial charge on any atom is 0.586 e. The van der Waals surface area contributed by atoms with Crippen molar-refractivity contribution in [2.24, 2.45) is 0 Å². The lowest BCUT2D eigenvalue weighted by Gasteiger charge is -2.13. The highest BCUT2D eigenvalue weighted by Gasteiger charge is 2.43. The van der Waals surface area contributed by atoms with E-state index in [1.54, 1.807) is 28.8 Å². The molecule has 7 nitrogen and oxygen atoms in total. The van der Waals surface area contributed by atoms with Crippen molar-refractivity contribution in [1.82, 2.24) is 9.55 Å². The second kappa shape index (κ2) is 8.54. The first kappa shape index (κ1) is 21.1.